The van der Waals surface area contributed by atoms with Gasteiger partial charge in [-0.3, -0.25) is 0 Å². The average Bonchev–Trinajstić information content (AvgIpc) is 2.06. The fourth-order valence-corrected chi connectivity index (χ4v) is 1.55. The van der Waals surface area contributed by atoms with Gasteiger partial charge in [0.25, 0.3) is 0 Å². The van der Waals surface area contributed by atoms with Crippen LogP contribution in [-0.4, -0.2) is 0 Å². The van der Waals surface area contributed by atoms with Crippen LogP contribution in [0.2, 0.25) is 0 Å². The Bertz CT molecular complexity index is 374. The van der Waals surface area contributed by atoms with Gasteiger partial charge in [-0.25, -0.2) is 0 Å². The average molecular weight is 161 g/mol. The molecule has 2 rings (SSSR count). The second-order valence-electron chi connectivity index (χ2n) is 2.53. The molecule has 0 heterocycles. The molecule has 0 amide bonds. The highest BCUT2D eigenvalue weighted by molar-refractivity contribution is 7.59. The minimum absolute atomic E-state index is 1.16. The molecule has 0 radical (unpaired) electrons. The van der Waals surface area contributed by atoms with E-state index in [-0.39, 0.29) is 0 Å². The summed E-state index contributed by atoms with van der Waals surface area (Å²) in [6.07, 6.45) is 0. The smallest absolute Gasteiger partial charge is 0.0616 e. The van der Waals surface area contributed by atoms with Gasteiger partial charge >= 0.3 is 0 Å². The maximum absolute atomic E-state index is 3.55. The molecule has 11 heavy (non-hydrogen) atoms. The predicted octanol–water partition coefficient (Wildman–Crippen LogP) is 2.21. The van der Waals surface area contributed by atoms with Crippen LogP contribution in [0.1, 0.15) is 0 Å². The molecule has 0 N–H and O–H groups in total. The molecule has 0 bridgehead atoms. The maximum atomic E-state index is 3.55. The molecular weight excluding hydrogens is 152 g/mol. The molecule has 0 atom stereocenters. The monoisotopic (exact) mass is 161 g/mol. The Kier molecular flexibility index (Phi) is 1.59. The first-order chi connectivity index (χ1) is 5.38. The summed E-state index contributed by atoms with van der Waals surface area (Å²) in [6.45, 7) is 0. The lowest BCUT2D eigenvalue weighted by molar-refractivity contribution is 1.56. The summed E-state index contributed by atoms with van der Waals surface area (Å²) >= 11 is 3.55. The van der Waals surface area contributed by atoms with Crippen molar-refractivity contribution in [2.45, 2.75) is 4.90 Å². The normalized spacial score (nSPS) is 10.3. The van der Waals surface area contributed by atoms with Gasteiger partial charge in [0, 0.05) is 5.39 Å². The summed E-state index contributed by atoms with van der Waals surface area (Å²) in [5.74, 6) is 0. The topological polar surface area (TPSA) is 0 Å². The Balaban J connectivity index is 2.91. The Morgan fingerprint density at radius 1 is 0.818 bits per heavy atom. The molecule has 0 nitrogen and oxygen atoms in total. The summed E-state index contributed by atoms with van der Waals surface area (Å²) in [5.41, 5.74) is 0. The van der Waals surface area contributed by atoms with Crippen molar-refractivity contribution in [2.24, 2.45) is 0 Å². The van der Waals surface area contributed by atoms with Gasteiger partial charge in [-0.15, -0.1) is 0 Å². The summed E-state index contributed by atoms with van der Waals surface area (Å²) in [6, 6.07) is 14.5. The largest absolute Gasteiger partial charge is 0.158 e. The van der Waals surface area contributed by atoms with Crippen LogP contribution < -0.4 is 0 Å². The third-order valence-corrected chi connectivity index (χ3v) is 2.23. The van der Waals surface area contributed by atoms with Crippen molar-refractivity contribution in [1.82, 2.24) is 0 Å². The molecule has 0 aliphatic carbocycles. The van der Waals surface area contributed by atoms with Crippen molar-refractivity contribution in [3.8, 4) is 0 Å². The first-order valence-electron chi connectivity index (χ1n) is 3.57. The fourth-order valence-electron chi connectivity index (χ4n) is 1.23. The van der Waals surface area contributed by atoms with Crippen LogP contribution in [0.25, 0.3) is 10.8 Å². The van der Waals surface area contributed by atoms with Gasteiger partial charge in [-0.05, 0) is 30.1 Å². The third-order valence-electron chi connectivity index (χ3n) is 1.79. The molecule has 0 aliphatic heterocycles. The number of rotatable bonds is 0. The van der Waals surface area contributed by atoms with Gasteiger partial charge in [-0.1, -0.05) is 30.3 Å². The van der Waals surface area contributed by atoms with Crippen LogP contribution >= 0.6 is 0 Å². The Morgan fingerprint density at radius 2 is 1.55 bits per heavy atom. The standard InChI is InChI=1S/C10H8S/c11-10-7-3-5-8-4-1-2-6-9(8)10/h1-7,11H/p+1. The second-order valence-corrected chi connectivity index (χ2v) is 3.07. The van der Waals surface area contributed by atoms with Crippen molar-refractivity contribution in [1.29, 1.82) is 0 Å². The van der Waals surface area contributed by atoms with E-state index in [1.165, 1.54) is 10.8 Å². The summed E-state index contributed by atoms with van der Waals surface area (Å²) in [4.78, 5) is 1.16. The molecule has 0 unspecified atom stereocenters. The fraction of sp³-hybridized carbons (Fsp3) is 0. The lowest BCUT2D eigenvalue weighted by Crippen LogP contribution is -1.74. The molecular formula is C10H9S+. The third kappa shape index (κ3) is 1.12. The molecule has 1 heteroatoms. The molecule has 54 valence electrons. The van der Waals surface area contributed by atoms with E-state index in [4.69, 9.17) is 0 Å². The van der Waals surface area contributed by atoms with E-state index in [0.29, 0.717) is 0 Å². The first kappa shape index (κ1) is 6.74. The van der Waals surface area contributed by atoms with E-state index in [0.717, 1.165) is 4.90 Å². The van der Waals surface area contributed by atoms with Gasteiger partial charge in [0.2, 0.25) is 0 Å². The zero-order valence-electron chi connectivity index (χ0n) is 6.04. The molecule has 0 saturated heterocycles. The van der Waals surface area contributed by atoms with Crippen molar-refractivity contribution >= 4 is 23.4 Å². The molecule has 0 spiro atoms. The van der Waals surface area contributed by atoms with E-state index < -0.39 is 0 Å². The van der Waals surface area contributed by atoms with Crippen LogP contribution in [0.4, 0.5) is 0 Å². The van der Waals surface area contributed by atoms with Crippen LogP contribution in [0, 0.1) is 0 Å². The quantitative estimate of drug-likeness (QED) is 0.520. The molecule has 2 aromatic carbocycles. The Labute approximate surface area is 71.3 Å². The number of fused-ring (bicyclic) bond motifs is 1. The van der Waals surface area contributed by atoms with Crippen LogP contribution in [0.3, 0.4) is 0 Å². The SMILES string of the molecule is [SH2+]c1cccc2ccccc12. The van der Waals surface area contributed by atoms with Crippen LogP contribution in [0.5, 0.6) is 0 Å². The molecule has 0 saturated carbocycles. The summed E-state index contributed by atoms with van der Waals surface area (Å²) in [5, 5.41) is 2.55. The molecule has 2 aromatic rings. The van der Waals surface area contributed by atoms with E-state index in [1.807, 2.05) is 18.2 Å². The van der Waals surface area contributed by atoms with Crippen LogP contribution in [0.15, 0.2) is 47.4 Å². The minimum Gasteiger partial charge on any atom is -0.0616 e. The van der Waals surface area contributed by atoms with E-state index in [9.17, 15) is 0 Å². The number of benzene rings is 2. The van der Waals surface area contributed by atoms with Gasteiger partial charge in [0.1, 0.15) is 0 Å². The summed E-state index contributed by atoms with van der Waals surface area (Å²) in [7, 11) is 0. The Hall–Kier alpha value is -0.950. The van der Waals surface area contributed by atoms with Crippen molar-refractivity contribution < 1.29 is 0 Å². The van der Waals surface area contributed by atoms with Gasteiger partial charge < -0.3 is 0 Å². The minimum atomic E-state index is 1.16. The van der Waals surface area contributed by atoms with Crippen LogP contribution in [-0.2, 0) is 12.6 Å². The lowest BCUT2D eigenvalue weighted by Gasteiger charge is -1.94. The lowest BCUT2D eigenvalue weighted by atomic mass is 10.1. The second kappa shape index (κ2) is 2.59. The van der Waals surface area contributed by atoms with Crippen molar-refractivity contribution in [2.75, 3.05) is 0 Å². The van der Waals surface area contributed by atoms with Crippen molar-refractivity contribution in [3.63, 3.8) is 0 Å². The Morgan fingerprint density at radius 3 is 2.36 bits per heavy atom. The zero-order chi connectivity index (χ0) is 7.68. The highest BCUT2D eigenvalue weighted by Gasteiger charge is 1.97. The van der Waals surface area contributed by atoms with E-state index >= 15 is 0 Å². The highest BCUT2D eigenvalue weighted by atomic mass is 32.1. The number of hydrogen-bond acceptors (Lipinski definition) is 0. The maximum Gasteiger partial charge on any atom is 0.158 e. The summed E-state index contributed by atoms with van der Waals surface area (Å²) < 4.78 is 0. The van der Waals surface area contributed by atoms with E-state index in [2.05, 4.69) is 36.9 Å². The zero-order valence-corrected chi connectivity index (χ0v) is 7.04. The highest BCUT2D eigenvalue weighted by Crippen LogP contribution is 2.17. The van der Waals surface area contributed by atoms with Crippen molar-refractivity contribution in [3.05, 3.63) is 42.5 Å². The predicted molar refractivity (Wildman–Crippen MR) is 52.4 cm³/mol. The number of hydrogen-bond donors (Lipinski definition) is 0. The first-order valence-corrected chi connectivity index (χ1v) is 4.07. The molecule has 0 aromatic heterocycles. The van der Waals surface area contributed by atoms with Gasteiger partial charge in [0.05, 0.1) is 0 Å². The van der Waals surface area contributed by atoms with Gasteiger partial charge in [-0.2, -0.15) is 0 Å². The van der Waals surface area contributed by atoms with Gasteiger partial charge in [0.15, 0.2) is 4.90 Å². The van der Waals surface area contributed by atoms with E-state index in [1.54, 1.807) is 0 Å². The molecule has 0 fully saturated rings. The molecule has 0 aliphatic rings.